The first-order chi connectivity index (χ1) is 18.0. The normalized spacial score (nSPS) is 12.9. The molecule has 1 amide bonds. The van der Waals surface area contributed by atoms with Gasteiger partial charge in [-0.2, -0.15) is 0 Å². The SMILES string of the molecule is CC(C)CC(=O)N1CCc2nc(-c3cncc(-c4cccnc4)c3)nc(N(C)Cc3ccccc3)c2C1. The highest BCUT2D eigenvalue weighted by Crippen LogP contribution is 2.31. The second-order valence-electron chi connectivity index (χ2n) is 10.0. The van der Waals surface area contributed by atoms with Gasteiger partial charge in [-0.3, -0.25) is 14.8 Å². The summed E-state index contributed by atoms with van der Waals surface area (Å²) >= 11 is 0. The molecule has 0 spiro atoms. The molecule has 1 aromatic carbocycles. The van der Waals surface area contributed by atoms with E-state index in [2.05, 4.69) is 54.0 Å². The molecule has 1 aliphatic rings. The molecule has 0 N–H and O–H groups in total. The summed E-state index contributed by atoms with van der Waals surface area (Å²) in [5, 5.41) is 0. The first-order valence-electron chi connectivity index (χ1n) is 12.8. The minimum atomic E-state index is 0.190. The number of carbonyl (C=O) groups is 1. The monoisotopic (exact) mass is 492 g/mol. The maximum atomic E-state index is 12.9. The molecule has 3 aromatic heterocycles. The van der Waals surface area contributed by atoms with Crippen LogP contribution < -0.4 is 4.90 Å². The van der Waals surface area contributed by atoms with Crippen molar-refractivity contribution in [3.8, 4) is 22.5 Å². The fourth-order valence-electron chi connectivity index (χ4n) is 4.72. The van der Waals surface area contributed by atoms with Crippen LogP contribution >= 0.6 is 0 Å². The van der Waals surface area contributed by atoms with Gasteiger partial charge in [0.15, 0.2) is 5.82 Å². The van der Waals surface area contributed by atoms with Crippen molar-refractivity contribution in [2.24, 2.45) is 5.92 Å². The summed E-state index contributed by atoms with van der Waals surface area (Å²) in [7, 11) is 2.05. The molecule has 4 aromatic rings. The molecule has 0 saturated carbocycles. The lowest BCUT2D eigenvalue weighted by molar-refractivity contribution is -0.132. The van der Waals surface area contributed by atoms with Crippen LogP contribution in [0.15, 0.2) is 73.3 Å². The maximum absolute atomic E-state index is 12.9. The first kappa shape index (κ1) is 24.6. The van der Waals surface area contributed by atoms with E-state index >= 15 is 0 Å². The number of fused-ring (bicyclic) bond motifs is 1. The van der Waals surface area contributed by atoms with Gasteiger partial charge in [-0.25, -0.2) is 9.97 Å². The summed E-state index contributed by atoms with van der Waals surface area (Å²) in [5.74, 6) is 2.02. The third-order valence-corrected chi connectivity index (χ3v) is 6.59. The highest BCUT2D eigenvalue weighted by atomic mass is 16.2. The average molecular weight is 493 g/mol. The van der Waals surface area contributed by atoms with Crippen molar-refractivity contribution in [3.05, 3.63) is 90.1 Å². The van der Waals surface area contributed by atoms with Crippen LogP contribution in [-0.4, -0.2) is 44.3 Å². The summed E-state index contributed by atoms with van der Waals surface area (Å²) in [5.41, 5.74) is 6.05. The van der Waals surface area contributed by atoms with Crippen LogP contribution in [0.2, 0.25) is 0 Å². The van der Waals surface area contributed by atoms with E-state index in [0.29, 0.717) is 44.2 Å². The Hall–Kier alpha value is -4.13. The molecule has 188 valence electrons. The molecule has 7 nitrogen and oxygen atoms in total. The van der Waals surface area contributed by atoms with Gasteiger partial charge in [-0.15, -0.1) is 0 Å². The molecule has 0 radical (unpaired) electrons. The van der Waals surface area contributed by atoms with E-state index < -0.39 is 0 Å². The van der Waals surface area contributed by atoms with E-state index in [9.17, 15) is 4.79 Å². The second-order valence-corrected chi connectivity index (χ2v) is 10.0. The van der Waals surface area contributed by atoms with Crippen LogP contribution in [0.3, 0.4) is 0 Å². The smallest absolute Gasteiger partial charge is 0.223 e. The predicted molar refractivity (Wildman–Crippen MR) is 146 cm³/mol. The van der Waals surface area contributed by atoms with Crippen LogP contribution in [0, 0.1) is 5.92 Å². The molecule has 4 heterocycles. The topological polar surface area (TPSA) is 75.1 Å². The summed E-state index contributed by atoms with van der Waals surface area (Å²) in [6, 6.07) is 16.3. The van der Waals surface area contributed by atoms with Gasteiger partial charge in [0, 0.05) is 80.0 Å². The lowest BCUT2D eigenvalue weighted by atomic mass is 10.0. The standard InChI is InChI=1S/C30H32N6O/c1-21(2)14-28(37)36-13-11-27-26(20-36)30(35(3)19-22-8-5-4-6-9-22)34-29(33-27)25-15-24(17-32-18-25)23-10-7-12-31-16-23/h4-10,12,15-18,21H,11,13-14,19-20H2,1-3H3. The number of amides is 1. The van der Waals surface area contributed by atoms with Crippen molar-refractivity contribution < 1.29 is 4.79 Å². The number of pyridine rings is 2. The van der Waals surface area contributed by atoms with E-state index in [0.717, 1.165) is 33.8 Å². The quantitative estimate of drug-likeness (QED) is 0.354. The number of aromatic nitrogens is 4. The molecule has 0 fully saturated rings. The predicted octanol–water partition coefficient (Wildman–Crippen LogP) is 5.17. The summed E-state index contributed by atoms with van der Waals surface area (Å²) in [6.07, 6.45) is 8.49. The molecular weight excluding hydrogens is 460 g/mol. The van der Waals surface area contributed by atoms with Crippen LogP contribution in [0.25, 0.3) is 22.5 Å². The van der Waals surface area contributed by atoms with Crippen molar-refractivity contribution in [3.63, 3.8) is 0 Å². The summed E-state index contributed by atoms with van der Waals surface area (Å²) in [6.45, 7) is 6.07. The fraction of sp³-hybridized carbons (Fsp3) is 0.300. The minimum absolute atomic E-state index is 0.190. The lowest BCUT2D eigenvalue weighted by Gasteiger charge is -2.32. The molecule has 37 heavy (non-hydrogen) atoms. The summed E-state index contributed by atoms with van der Waals surface area (Å²) < 4.78 is 0. The Morgan fingerprint density at radius 1 is 0.973 bits per heavy atom. The Bertz CT molecular complexity index is 1370. The Kier molecular flexibility index (Phi) is 7.21. The minimum Gasteiger partial charge on any atom is -0.355 e. The van der Waals surface area contributed by atoms with Crippen molar-refractivity contribution in [1.82, 2.24) is 24.8 Å². The highest BCUT2D eigenvalue weighted by Gasteiger charge is 2.27. The van der Waals surface area contributed by atoms with Gasteiger partial charge in [0.25, 0.3) is 0 Å². The molecule has 0 unspecified atom stereocenters. The number of rotatable bonds is 7. The Morgan fingerprint density at radius 2 is 1.76 bits per heavy atom. The van der Waals surface area contributed by atoms with Crippen molar-refractivity contribution in [1.29, 1.82) is 0 Å². The van der Waals surface area contributed by atoms with Crippen molar-refractivity contribution in [2.45, 2.75) is 39.8 Å². The van der Waals surface area contributed by atoms with Gasteiger partial charge in [0.1, 0.15) is 5.82 Å². The van der Waals surface area contributed by atoms with Gasteiger partial charge >= 0.3 is 0 Å². The molecule has 0 aliphatic carbocycles. The Labute approximate surface area is 218 Å². The van der Waals surface area contributed by atoms with Gasteiger partial charge in [0.05, 0.1) is 12.2 Å². The highest BCUT2D eigenvalue weighted by molar-refractivity contribution is 5.77. The number of hydrogen-bond acceptors (Lipinski definition) is 6. The van der Waals surface area contributed by atoms with E-state index in [4.69, 9.17) is 9.97 Å². The van der Waals surface area contributed by atoms with E-state index in [1.807, 2.05) is 53.8 Å². The number of carbonyl (C=O) groups excluding carboxylic acids is 1. The first-order valence-corrected chi connectivity index (χ1v) is 12.8. The largest absolute Gasteiger partial charge is 0.355 e. The molecule has 5 rings (SSSR count). The third-order valence-electron chi connectivity index (χ3n) is 6.59. The lowest BCUT2D eigenvalue weighted by Crippen LogP contribution is -2.38. The van der Waals surface area contributed by atoms with Gasteiger partial charge < -0.3 is 9.80 Å². The zero-order valence-electron chi connectivity index (χ0n) is 21.6. The molecule has 0 saturated heterocycles. The van der Waals surface area contributed by atoms with E-state index in [1.165, 1.54) is 5.56 Å². The number of nitrogens with zero attached hydrogens (tertiary/aromatic N) is 6. The third kappa shape index (κ3) is 5.66. The molecule has 7 heteroatoms. The Balaban J connectivity index is 1.54. The zero-order valence-corrected chi connectivity index (χ0v) is 21.6. The van der Waals surface area contributed by atoms with Crippen molar-refractivity contribution >= 4 is 11.7 Å². The Morgan fingerprint density at radius 3 is 2.51 bits per heavy atom. The van der Waals surface area contributed by atoms with Crippen LogP contribution in [0.5, 0.6) is 0 Å². The van der Waals surface area contributed by atoms with E-state index in [-0.39, 0.29) is 5.91 Å². The van der Waals surface area contributed by atoms with Gasteiger partial charge in [-0.05, 0) is 23.6 Å². The van der Waals surface area contributed by atoms with Gasteiger partial charge in [0.2, 0.25) is 5.91 Å². The second kappa shape index (κ2) is 10.9. The van der Waals surface area contributed by atoms with Crippen LogP contribution in [0.4, 0.5) is 5.82 Å². The summed E-state index contributed by atoms with van der Waals surface area (Å²) in [4.78, 5) is 35.8. The van der Waals surface area contributed by atoms with Crippen LogP contribution in [-0.2, 0) is 24.3 Å². The van der Waals surface area contributed by atoms with E-state index in [1.54, 1.807) is 6.20 Å². The number of benzene rings is 1. The molecule has 1 aliphatic heterocycles. The number of hydrogen-bond donors (Lipinski definition) is 0. The maximum Gasteiger partial charge on any atom is 0.223 e. The van der Waals surface area contributed by atoms with Crippen molar-refractivity contribution in [2.75, 3.05) is 18.5 Å². The van der Waals surface area contributed by atoms with Gasteiger partial charge in [-0.1, -0.05) is 50.2 Å². The van der Waals surface area contributed by atoms with Crippen LogP contribution in [0.1, 0.15) is 37.1 Å². The number of anilines is 1. The molecular formula is C30H32N6O. The molecule has 0 atom stereocenters. The molecule has 0 bridgehead atoms. The zero-order chi connectivity index (χ0) is 25.8. The average Bonchev–Trinajstić information content (AvgIpc) is 2.93. The fourth-order valence-corrected chi connectivity index (χ4v) is 4.72.